The first-order valence-electron chi connectivity index (χ1n) is 6.29. The van der Waals surface area contributed by atoms with Gasteiger partial charge in [0.25, 0.3) is 0 Å². The molecule has 8 heteroatoms. The van der Waals surface area contributed by atoms with E-state index < -0.39 is 22.0 Å². The minimum Gasteiger partial charge on any atom is -0.480 e. The molecule has 1 fully saturated rings. The zero-order valence-corrected chi connectivity index (χ0v) is 11.9. The molecular weight excluding hydrogens is 272 g/mol. The van der Waals surface area contributed by atoms with Gasteiger partial charge in [0, 0.05) is 19.0 Å². The van der Waals surface area contributed by atoms with Crippen LogP contribution in [0.15, 0.2) is 0 Å². The molecule has 0 bridgehead atoms. The molecule has 1 saturated heterocycles. The van der Waals surface area contributed by atoms with Crippen LogP contribution < -0.4 is 5.32 Å². The largest absolute Gasteiger partial charge is 0.480 e. The fourth-order valence-corrected chi connectivity index (χ4v) is 3.10. The lowest BCUT2D eigenvalue weighted by atomic mass is 9.97. The quantitative estimate of drug-likeness (QED) is 0.720. The van der Waals surface area contributed by atoms with Gasteiger partial charge in [-0.25, -0.2) is 12.7 Å². The van der Waals surface area contributed by atoms with Crippen LogP contribution in [0.2, 0.25) is 0 Å². The van der Waals surface area contributed by atoms with E-state index in [0.29, 0.717) is 25.9 Å². The number of amides is 1. The number of carboxylic acid groups (broad SMARTS) is 1. The summed E-state index contributed by atoms with van der Waals surface area (Å²) in [6.45, 7) is 3.62. The number of hydrogen-bond donors (Lipinski definition) is 2. The average molecular weight is 292 g/mol. The Morgan fingerprint density at radius 1 is 1.37 bits per heavy atom. The molecule has 1 aliphatic heterocycles. The van der Waals surface area contributed by atoms with Gasteiger partial charge in [0.2, 0.25) is 15.9 Å². The predicted octanol–water partition coefficient (Wildman–Crippen LogP) is -0.363. The molecule has 1 amide bonds. The van der Waals surface area contributed by atoms with E-state index in [1.54, 1.807) is 6.92 Å². The van der Waals surface area contributed by atoms with Crippen LogP contribution in [0.5, 0.6) is 0 Å². The molecule has 0 aromatic carbocycles. The third kappa shape index (κ3) is 4.17. The van der Waals surface area contributed by atoms with E-state index in [-0.39, 0.29) is 17.6 Å². The normalized spacial score (nSPS) is 19.9. The minimum absolute atomic E-state index is 0.0555. The molecule has 0 unspecified atom stereocenters. The number of piperidine rings is 1. The molecule has 0 aromatic heterocycles. The first kappa shape index (κ1) is 15.9. The fraction of sp³-hybridized carbons (Fsp3) is 0.818. The molecule has 19 heavy (non-hydrogen) atoms. The van der Waals surface area contributed by atoms with E-state index in [9.17, 15) is 18.0 Å². The molecule has 1 aliphatic rings. The summed E-state index contributed by atoms with van der Waals surface area (Å²) >= 11 is 0. The van der Waals surface area contributed by atoms with Gasteiger partial charge in [-0.05, 0) is 26.7 Å². The second kappa shape index (κ2) is 6.33. The molecule has 0 radical (unpaired) electrons. The molecule has 0 spiro atoms. The highest BCUT2D eigenvalue weighted by Gasteiger charge is 2.31. The van der Waals surface area contributed by atoms with E-state index in [1.165, 1.54) is 11.2 Å². The van der Waals surface area contributed by atoms with E-state index in [1.807, 2.05) is 0 Å². The number of carboxylic acids is 1. The number of nitrogens with zero attached hydrogens (tertiary/aromatic N) is 1. The number of hydrogen-bond acceptors (Lipinski definition) is 4. The summed E-state index contributed by atoms with van der Waals surface area (Å²) in [7, 11) is -3.20. The number of nitrogens with one attached hydrogen (secondary N) is 1. The average Bonchev–Trinajstić information content (AvgIpc) is 2.38. The Kier molecular flexibility index (Phi) is 5.30. The molecule has 0 aliphatic carbocycles. The summed E-state index contributed by atoms with van der Waals surface area (Å²) in [5.74, 6) is -1.66. The van der Waals surface area contributed by atoms with Gasteiger partial charge >= 0.3 is 5.97 Å². The van der Waals surface area contributed by atoms with Crippen LogP contribution >= 0.6 is 0 Å². The van der Waals surface area contributed by atoms with E-state index in [2.05, 4.69) is 5.32 Å². The van der Waals surface area contributed by atoms with Crippen LogP contribution in [0.4, 0.5) is 0 Å². The van der Waals surface area contributed by atoms with Crippen LogP contribution in [0.1, 0.15) is 26.7 Å². The van der Waals surface area contributed by atoms with Crippen molar-refractivity contribution in [1.82, 2.24) is 9.62 Å². The van der Waals surface area contributed by atoms with E-state index in [0.717, 1.165) is 0 Å². The van der Waals surface area contributed by atoms with Crippen molar-refractivity contribution in [1.29, 1.82) is 0 Å². The standard InChI is InChI=1S/C11H20N2O5S/c1-3-19(17,18)13-6-4-9(5-7-13)10(14)12-8(2)11(15)16/h8-9H,3-7H2,1-2H3,(H,12,14)(H,15,16)/t8-/m0/s1. The maximum absolute atomic E-state index is 11.8. The third-order valence-corrected chi connectivity index (χ3v) is 5.19. The predicted molar refractivity (Wildman–Crippen MR) is 69.0 cm³/mol. The van der Waals surface area contributed by atoms with Crippen molar-refractivity contribution in [2.75, 3.05) is 18.8 Å². The second-order valence-electron chi connectivity index (χ2n) is 4.64. The van der Waals surface area contributed by atoms with Crippen LogP contribution in [0.3, 0.4) is 0 Å². The Morgan fingerprint density at radius 2 is 1.89 bits per heavy atom. The van der Waals surface area contributed by atoms with Gasteiger partial charge in [0.05, 0.1) is 5.75 Å². The van der Waals surface area contributed by atoms with Crippen molar-refractivity contribution in [3.8, 4) is 0 Å². The molecule has 110 valence electrons. The van der Waals surface area contributed by atoms with Gasteiger partial charge in [-0.3, -0.25) is 9.59 Å². The first-order valence-corrected chi connectivity index (χ1v) is 7.90. The van der Waals surface area contributed by atoms with Crippen molar-refractivity contribution >= 4 is 21.9 Å². The highest BCUT2D eigenvalue weighted by Crippen LogP contribution is 2.20. The Balaban J connectivity index is 2.50. The number of aliphatic carboxylic acids is 1. The number of rotatable bonds is 5. The summed E-state index contributed by atoms with van der Waals surface area (Å²) < 4.78 is 24.7. The lowest BCUT2D eigenvalue weighted by Gasteiger charge is -2.30. The summed E-state index contributed by atoms with van der Waals surface area (Å²) in [4.78, 5) is 22.4. The highest BCUT2D eigenvalue weighted by molar-refractivity contribution is 7.89. The lowest BCUT2D eigenvalue weighted by molar-refractivity contribution is -0.142. The number of carbonyl (C=O) groups is 2. The Morgan fingerprint density at radius 3 is 2.32 bits per heavy atom. The molecule has 0 saturated carbocycles. The van der Waals surface area contributed by atoms with Crippen molar-refractivity contribution in [3.63, 3.8) is 0 Å². The molecule has 7 nitrogen and oxygen atoms in total. The van der Waals surface area contributed by atoms with Crippen molar-refractivity contribution in [3.05, 3.63) is 0 Å². The number of carbonyl (C=O) groups excluding carboxylic acids is 1. The topological polar surface area (TPSA) is 104 Å². The summed E-state index contributed by atoms with van der Waals surface area (Å²) in [5.41, 5.74) is 0. The first-order chi connectivity index (χ1) is 8.77. The van der Waals surface area contributed by atoms with Gasteiger partial charge in [0.15, 0.2) is 0 Å². The highest BCUT2D eigenvalue weighted by atomic mass is 32.2. The molecule has 1 atom stereocenters. The molecular formula is C11H20N2O5S. The Bertz CT molecular complexity index is 440. The van der Waals surface area contributed by atoms with Crippen LogP contribution in [0.25, 0.3) is 0 Å². The molecule has 1 rings (SSSR count). The van der Waals surface area contributed by atoms with Crippen LogP contribution in [-0.2, 0) is 19.6 Å². The zero-order valence-electron chi connectivity index (χ0n) is 11.1. The van der Waals surface area contributed by atoms with Crippen LogP contribution in [0, 0.1) is 5.92 Å². The maximum Gasteiger partial charge on any atom is 0.325 e. The SMILES string of the molecule is CCS(=O)(=O)N1CCC(C(=O)N[C@@H](C)C(=O)O)CC1. The molecule has 2 N–H and O–H groups in total. The minimum atomic E-state index is -3.20. The van der Waals surface area contributed by atoms with E-state index >= 15 is 0 Å². The maximum atomic E-state index is 11.8. The number of sulfonamides is 1. The van der Waals surface area contributed by atoms with Crippen molar-refractivity contribution in [2.24, 2.45) is 5.92 Å². The second-order valence-corrected chi connectivity index (χ2v) is 6.90. The monoisotopic (exact) mass is 292 g/mol. The lowest BCUT2D eigenvalue weighted by Crippen LogP contribution is -2.46. The van der Waals surface area contributed by atoms with Crippen molar-refractivity contribution < 1.29 is 23.1 Å². The van der Waals surface area contributed by atoms with Crippen molar-refractivity contribution in [2.45, 2.75) is 32.7 Å². The Hall–Kier alpha value is -1.15. The molecule has 0 aromatic rings. The smallest absolute Gasteiger partial charge is 0.325 e. The van der Waals surface area contributed by atoms with Crippen LogP contribution in [-0.4, -0.2) is 54.6 Å². The van der Waals surface area contributed by atoms with Gasteiger partial charge in [-0.1, -0.05) is 0 Å². The van der Waals surface area contributed by atoms with Gasteiger partial charge < -0.3 is 10.4 Å². The summed E-state index contributed by atoms with van der Waals surface area (Å²) in [5, 5.41) is 11.1. The van der Waals surface area contributed by atoms with Gasteiger partial charge in [-0.15, -0.1) is 0 Å². The molecule has 1 heterocycles. The Labute approximate surface area is 113 Å². The fourth-order valence-electron chi connectivity index (χ4n) is 1.97. The summed E-state index contributed by atoms with van der Waals surface area (Å²) in [6.07, 6.45) is 0.856. The van der Waals surface area contributed by atoms with Gasteiger partial charge in [0.1, 0.15) is 6.04 Å². The third-order valence-electron chi connectivity index (χ3n) is 3.31. The van der Waals surface area contributed by atoms with Gasteiger partial charge in [-0.2, -0.15) is 0 Å². The zero-order chi connectivity index (χ0) is 14.6. The van der Waals surface area contributed by atoms with E-state index in [4.69, 9.17) is 5.11 Å². The summed E-state index contributed by atoms with van der Waals surface area (Å²) in [6, 6.07) is -0.926.